The molecule has 0 bridgehead atoms. The molecule has 178 valence electrons. The Morgan fingerprint density at radius 3 is 2.69 bits per heavy atom. The number of anilines is 1. The van der Waals surface area contributed by atoms with Crippen molar-refractivity contribution in [3.63, 3.8) is 0 Å². The molecule has 0 aliphatic rings. The summed E-state index contributed by atoms with van der Waals surface area (Å²) >= 11 is 2.44. The van der Waals surface area contributed by atoms with Crippen molar-refractivity contribution in [1.29, 1.82) is 0 Å². The third-order valence-electron chi connectivity index (χ3n) is 5.22. The summed E-state index contributed by atoms with van der Waals surface area (Å²) < 4.78 is 12.2. The standard InChI is InChI=1S/C23H20N6O4S2/c1-12-27-28-22(35-12)25-18(30)11-34-23-26-19-14-6-4-5-7-15(14)24-20(19)21(31)29(23)13-8-9-16(32-2)17(10-13)33-3/h4-10,24H,11H2,1-3H3,(H,25,28,30). The second kappa shape index (κ2) is 9.39. The zero-order valence-electron chi connectivity index (χ0n) is 19.0. The summed E-state index contributed by atoms with van der Waals surface area (Å²) in [7, 11) is 3.07. The van der Waals surface area contributed by atoms with Crippen LogP contribution < -0.4 is 20.3 Å². The van der Waals surface area contributed by atoms with Gasteiger partial charge in [0.05, 0.1) is 25.7 Å². The number of amides is 1. The van der Waals surface area contributed by atoms with Crippen LogP contribution in [0.5, 0.6) is 11.5 Å². The number of aromatic nitrogens is 5. The van der Waals surface area contributed by atoms with Crippen LogP contribution in [0, 0.1) is 6.92 Å². The van der Waals surface area contributed by atoms with E-state index in [1.807, 2.05) is 31.2 Å². The van der Waals surface area contributed by atoms with Crippen molar-refractivity contribution in [2.45, 2.75) is 12.1 Å². The maximum absolute atomic E-state index is 13.7. The van der Waals surface area contributed by atoms with Gasteiger partial charge >= 0.3 is 0 Å². The Labute approximate surface area is 207 Å². The SMILES string of the molecule is COc1ccc(-n2c(SCC(=O)Nc3nnc(C)s3)nc3c([nH]c4ccccc43)c2=O)cc1OC. The number of H-pyrrole nitrogens is 1. The van der Waals surface area contributed by atoms with Gasteiger partial charge in [-0.15, -0.1) is 10.2 Å². The van der Waals surface area contributed by atoms with Crippen LogP contribution in [0.1, 0.15) is 5.01 Å². The fraction of sp³-hybridized carbons (Fsp3) is 0.174. The smallest absolute Gasteiger partial charge is 0.283 e. The summed E-state index contributed by atoms with van der Waals surface area (Å²) in [5.41, 5.74) is 1.96. The average Bonchev–Trinajstić information content (AvgIpc) is 3.45. The Morgan fingerprint density at radius 2 is 1.94 bits per heavy atom. The molecule has 1 amide bonds. The highest BCUT2D eigenvalue weighted by Crippen LogP contribution is 2.31. The van der Waals surface area contributed by atoms with Gasteiger partial charge in [0.2, 0.25) is 11.0 Å². The van der Waals surface area contributed by atoms with Gasteiger partial charge < -0.3 is 14.5 Å². The number of benzene rings is 2. The van der Waals surface area contributed by atoms with E-state index < -0.39 is 0 Å². The van der Waals surface area contributed by atoms with E-state index in [1.54, 1.807) is 25.3 Å². The summed E-state index contributed by atoms with van der Waals surface area (Å²) in [6.45, 7) is 1.81. The lowest BCUT2D eigenvalue weighted by atomic mass is 10.2. The van der Waals surface area contributed by atoms with Gasteiger partial charge in [0.15, 0.2) is 16.7 Å². The van der Waals surface area contributed by atoms with Crippen LogP contribution >= 0.6 is 23.1 Å². The minimum Gasteiger partial charge on any atom is -0.493 e. The molecular formula is C23H20N6O4S2. The van der Waals surface area contributed by atoms with Crippen LogP contribution in [-0.4, -0.2) is 50.6 Å². The molecule has 5 rings (SSSR count). The van der Waals surface area contributed by atoms with Crippen molar-refractivity contribution in [3.05, 3.63) is 57.8 Å². The van der Waals surface area contributed by atoms with Gasteiger partial charge in [0.1, 0.15) is 16.0 Å². The van der Waals surface area contributed by atoms with Crippen molar-refractivity contribution in [2.24, 2.45) is 0 Å². The first-order valence-corrected chi connectivity index (χ1v) is 12.3. The molecule has 3 heterocycles. The lowest BCUT2D eigenvalue weighted by Crippen LogP contribution is -2.23. The predicted molar refractivity (Wildman–Crippen MR) is 136 cm³/mol. The molecule has 3 aromatic heterocycles. The molecule has 0 fully saturated rings. The number of carbonyl (C=O) groups excluding carboxylic acids is 1. The summed E-state index contributed by atoms with van der Waals surface area (Å²) in [4.78, 5) is 34.3. The molecule has 0 spiro atoms. The van der Waals surface area contributed by atoms with Gasteiger partial charge in [-0.3, -0.25) is 19.5 Å². The number of aromatic amines is 1. The minimum absolute atomic E-state index is 0.0201. The van der Waals surface area contributed by atoms with E-state index in [9.17, 15) is 9.59 Å². The summed E-state index contributed by atoms with van der Waals surface area (Å²) in [6, 6.07) is 12.7. The highest BCUT2D eigenvalue weighted by Gasteiger charge is 2.19. The second-order valence-corrected chi connectivity index (χ2v) is 9.56. The number of carbonyl (C=O) groups is 1. The van der Waals surface area contributed by atoms with E-state index in [-0.39, 0.29) is 17.2 Å². The van der Waals surface area contributed by atoms with Gasteiger partial charge in [0.25, 0.3) is 5.56 Å². The number of para-hydroxylation sites is 1. The Kier molecular flexibility index (Phi) is 6.14. The zero-order chi connectivity index (χ0) is 24.5. The van der Waals surface area contributed by atoms with Crippen molar-refractivity contribution in [1.82, 2.24) is 24.7 Å². The number of aryl methyl sites for hydroxylation is 1. The van der Waals surface area contributed by atoms with Crippen LogP contribution in [0.3, 0.4) is 0 Å². The van der Waals surface area contributed by atoms with Gasteiger partial charge in [-0.1, -0.05) is 41.3 Å². The third kappa shape index (κ3) is 4.33. The summed E-state index contributed by atoms with van der Waals surface area (Å²) in [5, 5.41) is 12.9. The molecule has 2 N–H and O–H groups in total. The number of ether oxygens (including phenoxy) is 2. The summed E-state index contributed by atoms with van der Waals surface area (Å²) in [5.74, 6) is 0.740. The van der Waals surface area contributed by atoms with Gasteiger partial charge in [0, 0.05) is 17.0 Å². The van der Waals surface area contributed by atoms with Crippen LogP contribution in [0.4, 0.5) is 5.13 Å². The van der Waals surface area contributed by atoms with Crippen LogP contribution in [0.25, 0.3) is 27.6 Å². The Balaban J connectivity index is 1.60. The van der Waals surface area contributed by atoms with Crippen LogP contribution in [0.15, 0.2) is 52.4 Å². The Bertz CT molecular complexity index is 1620. The quantitative estimate of drug-likeness (QED) is 0.251. The molecule has 10 nitrogen and oxygen atoms in total. The lowest BCUT2D eigenvalue weighted by Gasteiger charge is -2.14. The first-order valence-electron chi connectivity index (χ1n) is 10.5. The lowest BCUT2D eigenvalue weighted by molar-refractivity contribution is -0.113. The van der Waals surface area contributed by atoms with E-state index in [0.29, 0.717) is 38.5 Å². The number of fused-ring (bicyclic) bond motifs is 3. The monoisotopic (exact) mass is 508 g/mol. The van der Waals surface area contributed by atoms with E-state index in [2.05, 4.69) is 20.5 Å². The van der Waals surface area contributed by atoms with E-state index >= 15 is 0 Å². The molecule has 0 radical (unpaired) electrons. The molecule has 12 heteroatoms. The molecule has 2 aromatic carbocycles. The fourth-order valence-electron chi connectivity index (χ4n) is 3.66. The number of nitrogens with zero attached hydrogens (tertiary/aromatic N) is 4. The third-order valence-corrected chi connectivity index (χ3v) is 6.92. The van der Waals surface area contributed by atoms with Crippen molar-refractivity contribution >= 4 is 56.1 Å². The number of methoxy groups -OCH3 is 2. The highest BCUT2D eigenvalue weighted by atomic mass is 32.2. The molecule has 35 heavy (non-hydrogen) atoms. The molecule has 0 unspecified atom stereocenters. The minimum atomic E-state index is -0.291. The molecule has 0 saturated heterocycles. The number of rotatable bonds is 7. The van der Waals surface area contributed by atoms with Crippen molar-refractivity contribution in [3.8, 4) is 17.2 Å². The number of nitrogens with one attached hydrogen (secondary N) is 2. The highest BCUT2D eigenvalue weighted by molar-refractivity contribution is 7.99. The van der Waals surface area contributed by atoms with Crippen LogP contribution in [-0.2, 0) is 4.79 Å². The van der Waals surface area contributed by atoms with Crippen molar-refractivity contribution < 1.29 is 14.3 Å². The maximum atomic E-state index is 13.7. The van der Waals surface area contributed by atoms with Gasteiger partial charge in [-0.2, -0.15) is 0 Å². The first kappa shape index (κ1) is 22.9. The normalized spacial score (nSPS) is 11.2. The molecule has 0 atom stereocenters. The molecule has 0 aliphatic carbocycles. The number of hydrogen-bond acceptors (Lipinski definition) is 9. The van der Waals surface area contributed by atoms with E-state index in [4.69, 9.17) is 14.5 Å². The first-order chi connectivity index (χ1) is 17.0. The largest absolute Gasteiger partial charge is 0.493 e. The molecule has 5 aromatic rings. The predicted octanol–water partition coefficient (Wildman–Crippen LogP) is 3.77. The number of thioether (sulfide) groups is 1. The zero-order valence-corrected chi connectivity index (χ0v) is 20.6. The molecule has 0 saturated carbocycles. The van der Waals surface area contributed by atoms with Crippen molar-refractivity contribution in [2.75, 3.05) is 25.3 Å². The topological polar surface area (TPSA) is 124 Å². The second-order valence-electron chi connectivity index (χ2n) is 7.43. The van der Waals surface area contributed by atoms with E-state index in [1.165, 1.54) is 23.0 Å². The maximum Gasteiger partial charge on any atom is 0.283 e. The van der Waals surface area contributed by atoms with E-state index in [0.717, 1.165) is 27.7 Å². The Morgan fingerprint density at radius 1 is 1.14 bits per heavy atom. The van der Waals surface area contributed by atoms with Gasteiger partial charge in [-0.05, 0) is 25.1 Å². The Hall–Kier alpha value is -3.90. The molecule has 0 aliphatic heterocycles. The van der Waals surface area contributed by atoms with Crippen LogP contribution in [0.2, 0.25) is 0 Å². The number of hydrogen-bond donors (Lipinski definition) is 2. The van der Waals surface area contributed by atoms with Gasteiger partial charge in [-0.25, -0.2) is 4.98 Å². The molecular weight excluding hydrogens is 488 g/mol. The fourth-order valence-corrected chi connectivity index (χ4v) is 5.08. The summed E-state index contributed by atoms with van der Waals surface area (Å²) in [6.07, 6.45) is 0. The average molecular weight is 509 g/mol.